The summed E-state index contributed by atoms with van der Waals surface area (Å²) in [5.74, 6) is -0.432. The zero-order valence-corrected chi connectivity index (χ0v) is 29.0. The van der Waals surface area contributed by atoms with E-state index in [1.54, 1.807) is 12.1 Å². The first-order valence-corrected chi connectivity index (χ1v) is 17.9. The molecule has 0 radical (unpaired) electrons. The van der Waals surface area contributed by atoms with Crippen LogP contribution in [0.15, 0.2) is 102 Å². The molecular formula is C40H44N2O7S. The summed E-state index contributed by atoms with van der Waals surface area (Å²) in [6, 6.07) is 30.9. The number of thioether (sulfide) groups is 1. The van der Waals surface area contributed by atoms with Crippen molar-refractivity contribution >= 4 is 29.5 Å². The van der Waals surface area contributed by atoms with Crippen LogP contribution in [0.3, 0.4) is 0 Å². The number of carboxylic acids is 1. The number of rotatable bonds is 16. The van der Waals surface area contributed by atoms with Crippen LogP contribution in [0.2, 0.25) is 0 Å². The van der Waals surface area contributed by atoms with Gasteiger partial charge < -0.3 is 30.3 Å². The second-order valence-electron chi connectivity index (χ2n) is 12.4. The highest BCUT2D eigenvalue weighted by atomic mass is 32.2. The van der Waals surface area contributed by atoms with Crippen molar-refractivity contribution in [1.82, 2.24) is 10.6 Å². The van der Waals surface area contributed by atoms with Crippen LogP contribution >= 0.6 is 11.8 Å². The van der Waals surface area contributed by atoms with Gasteiger partial charge in [-0.05, 0) is 58.9 Å². The highest BCUT2D eigenvalue weighted by molar-refractivity contribution is 7.99. The van der Waals surface area contributed by atoms with Gasteiger partial charge in [0.2, 0.25) is 11.8 Å². The summed E-state index contributed by atoms with van der Waals surface area (Å²) >= 11 is 1.46. The Balaban J connectivity index is 1.22. The van der Waals surface area contributed by atoms with Gasteiger partial charge in [-0.3, -0.25) is 9.59 Å². The average molecular weight is 697 g/mol. The number of aliphatic hydroxyl groups excluding tert-OH is 1. The van der Waals surface area contributed by atoms with Crippen LogP contribution < -0.4 is 10.6 Å². The molecule has 50 heavy (non-hydrogen) atoms. The van der Waals surface area contributed by atoms with Crippen LogP contribution in [-0.4, -0.2) is 46.4 Å². The number of carboxylic acid groups (broad SMARTS) is 1. The number of hydrogen-bond acceptors (Lipinski definition) is 7. The normalized spacial score (nSPS) is 17.2. The zero-order chi connectivity index (χ0) is 35.3. The third kappa shape index (κ3) is 10.8. The van der Waals surface area contributed by atoms with Crippen molar-refractivity contribution in [2.24, 2.45) is 0 Å². The summed E-state index contributed by atoms with van der Waals surface area (Å²) in [6.45, 7) is 2.54. The lowest BCUT2D eigenvalue weighted by Gasteiger charge is -2.36. The predicted molar refractivity (Wildman–Crippen MR) is 193 cm³/mol. The molecule has 4 aromatic rings. The third-order valence-electron chi connectivity index (χ3n) is 8.54. The van der Waals surface area contributed by atoms with Crippen LogP contribution in [0.5, 0.6) is 0 Å². The summed E-state index contributed by atoms with van der Waals surface area (Å²) in [5, 5.41) is 25.0. The second kappa shape index (κ2) is 18.5. The SMILES string of the molecule is CC(=O)NCCCCCC(=O)NCc1cccc(-c2ccc([C@@H]3O[C@H](CSc4ccccc4C(=O)O)C[C@H](c4ccc(CO)cc4)O3)cc2)c1. The summed E-state index contributed by atoms with van der Waals surface area (Å²) in [7, 11) is 0. The Hall–Kier alpha value is -4.48. The fourth-order valence-corrected chi connectivity index (χ4v) is 6.87. The van der Waals surface area contributed by atoms with E-state index in [0.29, 0.717) is 36.6 Å². The molecular weight excluding hydrogens is 653 g/mol. The van der Waals surface area contributed by atoms with E-state index >= 15 is 0 Å². The van der Waals surface area contributed by atoms with Crippen molar-refractivity contribution in [3.63, 3.8) is 0 Å². The molecule has 0 unspecified atom stereocenters. The van der Waals surface area contributed by atoms with Crippen molar-refractivity contribution in [3.8, 4) is 11.1 Å². The number of carbonyl (C=O) groups is 3. The number of benzene rings is 4. The molecule has 0 aromatic heterocycles. The number of aromatic carboxylic acids is 1. The standard InChI is InChI=1S/C40H44N2O7S/c1-27(44)41-21-6-2-3-12-38(45)42-24-29-8-7-9-33(22-29)30-17-19-32(20-18-30)40-48-34(26-50-37-11-5-4-10-35(37)39(46)47)23-36(49-40)31-15-13-28(25-43)14-16-31/h4-5,7-11,13-20,22,34,36,40,43H,2-3,6,12,21,23-26H2,1H3,(H,41,44)(H,42,45)(H,46,47)/t34-,36+,40+/m0/s1. The van der Waals surface area contributed by atoms with Crippen molar-refractivity contribution in [1.29, 1.82) is 0 Å². The summed E-state index contributed by atoms with van der Waals surface area (Å²) < 4.78 is 13.0. The van der Waals surface area contributed by atoms with Crippen molar-refractivity contribution in [2.45, 2.75) is 75.6 Å². The molecule has 9 nitrogen and oxygen atoms in total. The van der Waals surface area contributed by atoms with E-state index in [1.807, 2.05) is 78.9 Å². The number of hydrogen-bond donors (Lipinski definition) is 4. The summed E-state index contributed by atoms with van der Waals surface area (Å²) in [6.07, 6.45) is 2.48. The first-order valence-electron chi connectivity index (χ1n) is 16.9. The molecule has 0 spiro atoms. The van der Waals surface area contributed by atoms with Crippen molar-refractivity contribution in [3.05, 3.63) is 125 Å². The van der Waals surface area contributed by atoms with E-state index in [2.05, 4.69) is 16.7 Å². The molecule has 262 valence electrons. The molecule has 2 amide bonds. The van der Waals surface area contributed by atoms with Gasteiger partial charge in [0.05, 0.1) is 24.4 Å². The number of amides is 2. The summed E-state index contributed by atoms with van der Waals surface area (Å²) in [5.41, 5.74) is 6.00. The minimum atomic E-state index is -0.959. The fourth-order valence-electron chi connectivity index (χ4n) is 5.81. The first kappa shape index (κ1) is 36.8. The van der Waals surface area contributed by atoms with Gasteiger partial charge in [0.15, 0.2) is 6.29 Å². The molecule has 10 heteroatoms. The van der Waals surface area contributed by atoms with Gasteiger partial charge in [-0.25, -0.2) is 4.79 Å². The maximum atomic E-state index is 12.4. The first-order chi connectivity index (χ1) is 24.3. The Bertz CT molecular complexity index is 1730. The third-order valence-corrected chi connectivity index (χ3v) is 9.75. The molecule has 5 rings (SSSR count). The number of nitrogens with one attached hydrogen (secondary N) is 2. The highest BCUT2D eigenvalue weighted by Gasteiger charge is 2.32. The monoisotopic (exact) mass is 696 g/mol. The lowest BCUT2D eigenvalue weighted by Crippen LogP contribution is -2.31. The Morgan fingerprint density at radius 2 is 1.56 bits per heavy atom. The van der Waals surface area contributed by atoms with Crippen LogP contribution in [0.25, 0.3) is 11.1 Å². The molecule has 3 atom stereocenters. The minimum absolute atomic E-state index is 0.0113. The zero-order valence-electron chi connectivity index (χ0n) is 28.2. The maximum absolute atomic E-state index is 12.4. The molecule has 4 aromatic carbocycles. The van der Waals surface area contributed by atoms with Gasteiger partial charge in [0.25, 0.3) is 0 Å². The second-order valence-corrected chi connectivity index (χ2v) is 13.4. The van der Waals surface area contributed by atoms with E-state index in [0.717, 1.165) is 52.6 Å². The minimum Gasteiger partial charge on any atom is -0.478 e. The van der Waals surface area contributed by atoms with E-state index in [4.69, 9.17) is 9.47 Å². The lowest BCUT2D eigenvalue weighted by molar-refractivity contribution is -0.245. The topological polar surface area (TPSA) is 134 Å². The van der Waals surface area contributed by atoms with Crippen LogP contribution in [0.4, 0.5) is 0 Å². The van der Waals surface area contributed by atoms with Crippen LogP contribution in [0.1, 0.15) is 84.0 Å². The van der Waals surface area contributed by atoms with E-state index < -0.39 is 12.3 Å². The van der Waals surface area contributed by atoms with E-state index in [9.17, 15) is 24.6 Å². The van der Waals surface area contributed by atoms with Crippen molar-refractivity contribution < 1.29 is 34.1 Å². The summed E-state index contributed by atoms with van der Waals surface area (Å²) in [4.78, 5) is 35.8. The van der Waals surface area contributed by atoms with Crippen molar-refractivity contribution in [2.75, 3.05) is 12.3 Å². The molecule has 0 aliphatic carbocycles. The van der Waals surface area contributed by atoms with Gasteiger partial charge in [-0.2, -0.15) is 0 Å². The van der Waals surface area contributed by atoms with Gasteiger partial charge in [-0.1, -0.05) is 85.3 Å². The molecule has 0 saturated carbocycles. The molecule has 1 heterocycles. The van der Waals surface area contributed by atoms with Gasteiger partial charge in [0.1, 0.15) is 0 Å². The van der Waals surface area contributed by atoms with E-state index in [1.165, 1.54) is 18.7 Å². The number of unbranched alkanes of at least 4 members (excludes halogenated alkanes) is 2. The molecule has 1 saturated heterocycles. The van der Waals surface area contributed by atoms with Gasteiger partial charge >= 0.3 is 5.97 Å². The maximum Gasteiger partial charge on any atom is 0.336 e. The average Bonchev–Trinajstić information content (AvgIpc) is 3.14. The molecule has 1 fully saturated rings. The number of carbonyl (C=O) groups excluding carboxylic acids is 2. The van der Waals surface area contributed by atoms with Gasteiger partial charge in [0, 0.05) is 49.1 Å². The Labute approximate surface area is 297 Å². The Morgan fingerprint density at radius 1 is 0.800 bits per heavy atom. The molecule has 0 bridgehead atoms. The fraction of sp³-hybridized carbons (Fsp3) is 0.325. The van der Waals surface area contributed by atoms with Gasteiger partial charge in [-0.15, -0.1) is 11.8 Å². The largest absolute Gasteiger partial charge is 0.478 e. The quantitative estimate of drug-likeness (QED) is 0.0715. The van der Waals surface area contributed by atoms with Crippen LogP contribution in [-0.2, 0) is 32.2 Å². The highest BCUT2D eigenvalue weighted by Crippen LogP contribution is 2.40. The number of aliphatic hydroxyl groups is 1. The molecule has 1 aliphatic heterocycles. The number of ether oxygens (including phenoxy) is 2. The molecule has 1 aliphatic rings. The lowest BCUT2D eigenvalue weighted by atomic mass is 9.99. The Kier molecular flexibility index (Phi) is 13.6. The smallest absolute Gasteiger partial charge is 0.336 e. The Morgan fingerprint density at radius 3 is 2.30 bits per heavy atom. The van der Waals surface area contributed by atoms with E-state index in [-0.39, 0.29) is 36.2 Å². The molecule has 4 N–H and O–H groups in total. The van der Waals surface area contributed by atoms with Crippen LogP contribution in [0, 0.1) is 0 Å². The predicted octanol–water partition coefficient (Wildman–Crippen LogP) is 7.19.